The first-order chi connectivity index (χ1) is 20.9. The van der Waals surface area contributed by atoms with E-state index in [1.54, 1.807) is 61.1 Å². The van der Waals surface area contributed by atoms with Gasteiger partial charge in [-0.3, -0.25) is 0 Å². The van der Waals surface area contributed by atoms with Crippen molar-refractivity contribution < 1.29 is 38.1 Å². The molecule has 0 rings (SSSR count). The average molecular weight is 657 g/mol. The van der Waals surface area contributed by atoms with Crippen molar-refractivity contribution in [2.45, 2.75) is 132 Å². The molecule has 268 valence electrons. The summed E-state index contributed by atoms with van der Waals surface area (Å²) in [5.41, 5.74) is -2.55. The van der Waals surface area contributed by atoms with E-state index in [9.17, 15) is 19.2 Å². The van der Waals surface area contributed by atoms with E-state index in [4.69, 9.17) is 18.9 Å². The minimum absolute atomic E-state index is 0.248. The fourth-order valence-electron chi connectivity index (χ4n) is 3.89. The number of amides is 4. The molecule has 0 aliphatic carbocycles. The third kappa shape index (κ3) is 20.8. The van der Waals surface area contributed by atoms with E-state index in [1.165, 1.54) is 0 Å². The first-order valence-electron chi connectivity index (χ1n) is 16.4. The number of nitrogens with zero attached hydrogens (tertiary/aromatic N) is 4. The molecule has 0 aromatic rings. The van der Waals surface area contributed by atoms with Crippen LogP contribution in [0.15, 0.2) is 12.2 Å². The molecule has 0 radical (unpaired) electrons. The molecular weight excluding hydrogens is 592 g/mol. The van der Waals surface area contributed by atoms with Gasteiger partial charge in [-0.2, -0.15) is 0 Å². The predicted octanol–water partition coefficient (Wildman–Crippen LogP) is 7.31. The third-order valence-electron chi connectivity index (χ3n) is 5.90. The number of carbonyl (C=O) groups is 4. The van der Waals surface area contributed by atoms with Crippen molar-refractivity contribution in [1.29, 1.82) is 0 Å². The van der Waals surface area contributed by atoms with Crippen LogP contribution in [0.2, 0.25) is 0 Å². The van der Waals surface area contributed by atoms with Gasteiger partial charge in [0.2, 0.25) is 0 Å². The monoisotopic (exact) mass is 656 g/mol. The topological polar surface area (TPSA) is 118 Å². The van der Waals surface area contributed by atoms with Crippen LogP contribution in [0.5, 0.6) is 0 Å². The van der Waals surface area contributed by atoms with Crippen molar-refractivity contribution in [2.24, 2.45) is 0 Å². The van der Waals surface area contributed by atoms with Crippen LogP contribution in [-0.2, 0) is 18.9 Å². The van der Waals surface area contributed by atoms with Crippen LogP contribution in [0.4, 0.5) is 19.2 Å². The Morgan fingerprint density at radius 3 is 0.870 bits per heavy atom. The largest absolute Gasteiger partial charge is 0.444 e. The first kappa shape index (κ1) is 42.8. The SMILES string of the molecule is CCN(CCCN(CC=CCN(CCCN(CC)C(=O)OC(C)(C)C)C(=O)OC(C)(C)C)C(=O)OC(C)(C)C)C(=O)OC(C)(C)C. The smallest absolute Gasteiger partial charge is 0.410 e. The molecule has 0 saturated heterocycles. The molecule has 0 aromatic carbocycles. The fourth-order valence-corrected chi connectivity index (χ4v) is 3.89. The zero-order valence-corrected chi connectivity index (χ0v) is 31.3. The summed E-state index contributed by atoms with van der Waals surface area (Å²) in [6, 6.07) is 0. The highest BCUT2D eigenvalue weighted by molar-refractivity contribution is 5.70. The van der Waals surface area contributed by atoms with Gasteiger partial charge in [-0.25, -0.2) is 19.2 Å². The Morgan fingerprint density at radius 1 is 0.435 bits per heavy atom. The molecule has 0 aromatic heterocycles. The maximum absolute atomic E-state index is 13.0. The van der Waals surface area contributed by atoms with Crippen molar-refractivity contribution in [3.05, 3.63) is 12.2 Å². The number of rotatable bonds is 14. The average Bonchev–Trinajstić information content (AvgIpc) is 2.84. The van der Waals surface area contributed by atoms with Crippen LogP contribution in [-0.4, -0.2) is 119 Å². The van der Waals surface area contributed by atoms with Gasteiger partial charge in [0, 0.05) is 52.4 Å². The molecular formula is C34H64N4O8. The van der Waals surface area contributed by atoms with Crippen LogP contribution >= 0.6 is 0 Å². The zero-order valence-electron chi connectivity index (χ0n) is 31.3. The molecule has 0 aliphatic heterocycles. The molecule has 0 unspecified atom stereocenters. The van der Waals surface area contributed by atoms with Gasteiger partial charge in [-0.15, -0.1) is 0 Å². The van der Waals surface area contributed by atoms with Gasteiger partial charge >= 0.3 is 24.4 Å². The van der Waals surface area contributed by atoms with Crippen molar-refractivity contribution >= 4 is 24.4 Å². The molecule has 12 nitrogen and oxygen atoms in total. The first-order valence-corrected chi connectivity index (χ1v) is 16.4. The standard InChI is InChI=1S/C34H64N4O8/c1-15-35(27(39)43-31(3,4)5)23-19-25-37(29(41)45-33(9,10)11)21-17-18-22-38(30(42)46-34(12,13)14)26-20-24-36(16-2)28(40)44-32(6,7)8/h17-18H,15-16,19-26H2,1-14H3. The van der Waals surface area contributed by atoms with Gasteiger partial charge in [0.15, 0.2) is 0 Å². The lowest BCUT2D eigenvalue weighted by Crippen LogP contribution is -2.41. The molecule has 0 spiro atoms. The Morgan fingerprint density at radius 2 is 0.652 bits per heavy atom. The number of hydrogen-bond acceptors (Lipinski definition) is 8. The summed E-state index contributed by atoms with van der Waals surface area (Å²) in [4.78, 5) is 57.5. The van der Waals surface area contributed by atoms with E-state index in [2.05, 4.69) is 0 Å². The fraction of sp³-hybridized carbons (Fsp3) is 0.824. The lowest BCUT2D eigenvalue weighted by molar-refractivity contribution is 0.0199. The molecule has 0 atom stereocenters. The Kier molecular flexibility index (Phi) is 17.5. The van der Waals surface area contributed by atoms with Crippen LogP contribution in [0.1, 0.15) is 110 Å². The van der Waals surface area contributed by atoms with E-state index in [1.807, 2.05) is 67.5 Å². The predicted molar refractivity (Wildman–Crippen MR) is 181 cm³/mol. The van der Waals surface area contributed by atoms with Crippen LogP contribution < -0.4 is 0 Å². The molecule has 4 amide bonds. The van der Waals surface area contributed by atoms with Gasteiger partial charge in [0.1, 0.15) is 22.4 Å². The third-order valence-corrected chi connectivity index (χ3v) is 5.90. The van der Waals surface area contributed by atoms with E-state index in [-0.39, 0.29) is 13.1 Å². The van der Waals surface area contributed by atoms with Gasteiger partial charge in [-0.05, 0) is 110 Å². The quantitative estimate of drug-likeness (QED) is 0.141. The Balaban J connectivity index is 5.54. The number of ether oxygens (including phenoxy) is 4. The van der Waals surface area contributed by atoms with Crippen LogP contribution in [0.25, 0.3) is 0 Å². The highest BCUT2D eigenvalue weighted by Gasteiger charge is 2.25. The summed E-state index contributed by atoms with van der Waals surface area (Å²) in [6.45, 7) is 28.5. The summed E-state index contributed by atoms with van der Waals surface area (Å²) in [5.74, 6) is 0. The molecule has 46 heavy (non-hydrogen) atoms. The molecule has 0 heterocycles. The van der Waals surface area contributed by atoms with E-state index >= 15 is 0 Å². The van der Waals surface area contributed by atoms with Crippen LogP contribution in [0.3, 0.4) is 0 Å². The lowest BCUT2D eigenvalue weighted by atomic mass is 10.2. The minimum atomic E-state index is -0.676. The Labute approximate surface area is 278 Å². The maximum atomic E-state index is 13.0. The summed E-state index contributed by atoms with van der Waals surface area (Å²) < 4.78 is 22.2. The molecule has 0 N–H and O–H groups in total. The molecule has 0 aliphatic rings. The normalized spacial score (nSPS) is 12.4. The van der Waals surface area contributed by atoms with Gasteiger partial charge in [-0.1, -0.05) is 12.2 Å². The number of hydrogen-bond donors (Lipinski definition) is 0. The van der Waals surface area contributed by atoms with Crippen LogP contribution in [0, 0.1) is 0 Å². The summed E-state index contributed by atoms with van der Waals surface area (Å²) >= 11 is 0. The second-order valence-corrected chi connectivity index (χ2v) is 15.2. The van der Waals surface area contributed by atoms with Gasteiger partial charge in [0.25, 0.3) is 0 Å². The summed E-state index contributed by atoms with van der Waals surface area (Å²) in [5, 5.41) is 0. The Hall–Kier alpha value is -3.18. The van der Waals surface area contributed by atoms with E-state index in [0.717, 1.165) is 0 Å². The maximum Gasteiger partial charge on any atom is 0.410 e. The van der Waals surface area contributed by atoms with Gasteiger partial charge < -0.3 is 38.5 Å². The Bertz CT molecular complexity index is 909. The van der Waals surface area contributed by atoms with Gasteiger partial charge in [0.05, 0.1) is 0 Å². The van der Waals surface area contributed by atoms with Crippen molar-refractivity contribution in [3.8, 4) is 0 Å². The van der Waals surface area contributed by atoms with Crippen molar-refractivity contribution in [3.63, 3.8) is 0 Å². The zero-order chi connectivity index (χ0) is 35.9. The highest BCUT2D eigenvalue weighted by atomic mass is 16.6. The second-order valence-electron chi connectivity index (χ2n) is 15.2. The molecule has 12 heteroatoms. The molecule has 0 fully saturated rings. The minimum Gasteiger partial charge on any atom is -0.444 e. The van der Waals surface area contributed by atoms with Crippen molar-refractivity contribution in [2.75, 3.05) is 52.4 Å². The highest BCUT2D eigenvalue weighted by Crippen LogP contribution is 2.14. The summed E-state index contributed by atoms with van der Waals surface area (Å²) in [6.07, 6.45) is 2.94. The molecule has 0 bridgehead atoms. The second kappa shape index (κ2) is 18.8. The lowest BCUT2D eigenvalue weighted by Gasteiger charge is -2.29. The summed E-state index contributed by atoms with van der Waals surface area (Å²) in [7, 11) is 0. The number of carbonyl (C=O) groups excluding carboxylic acids is 4. The molecule has 0 saturated carbocycles. The van der Waals surface area contributed by atoms with Crippen molar-refractivity contribution in [1.82, 2.24) is 19.6 Å². The van der Waals surface area contributed by atoms with E-state index < -0.39 is 46.8 Å². The van der Waals surface area contributed by atoms with E-state index in [0.29, 0.717) is 52.1 Å².